The van der Waals surface area contributed by atoms with Crippen LogP contribution in [-0.2, 0) is 10.9 Å². The van der Waals surface area contributed by atoms with Gasteiger partial charge in [0.05, 0.1) is 37.2 Å². The van der Waals surface area contributed by atoms with E-state index in [1.165, 1.54) is 12.3 Å². The fourth-order valence-corrected chi connectivity index (χ4v) is 2.77. The summed E-state index contributed by atoms with van der Waals surface area (Å²) in [5, 5.41) is 8.89. The van der Waals surface area contributed by atoms with E-state index in [0.717, 1.165) is 18.3 Å². The van der Waals surface area contributed by atoms with Gasteiger partial charge in [-0.05, 0) is 24.6 Å². The van der Waals surface area contributed by atoms with E-state index in [1.54, 1.807) is 6.07 Å². The number of anilines is 1. The van der Waals surface area contributed by atoms with E-state index in [9.17, 15) is 18.0 Å². The Kier molecular flexibility index (Phi) is 4.82. The molecule has 1 N–H and O–H groups in total. The number of nitrogens with zero attached hydrogens (tertiary/aromatic N) is 3. The summed E-state index contributed by atoms with van der Waals surface area (Å²) in [6.45, 7) is 2.46. The quantitative estimate of drug-likeness (QED) is 0.898. The van der Waals surface area contributed by atoms with Crippen molar-refractivity contribution in [1.82, 2.24) is 9.97 Å². The largest absolute Gasteiger partial charge is 0.476 e. The molecular weight excluding hydrogens is 351 g/mol. The summed E-state index contributed by atoms with van der Waals surface area (Å²) < 4.78 is 44.5. The number of benzene rings is 1. The van der Waals surface area contributed by atoms with Crippen LogP contribution >= 0.6 is 0 Å². The number of rotatable bonds is 3. The lowest BCUT2D eigenvalue weighted by Crippen LogP contribution is -2.45. The van der Waals surface area contributed by atoms with Crippen LogP contribution in [0, 0.1) is 0 Å². The molecule has 2 aromatic rings. The highest BCUT2D eigenvalue weighted by Gasteiger charge is 2.33. The molecule has 1 saturated heterocycles. The highest BCUT2D eigenvalue weighted by atomic mass is 19.4. The average molecular weight is 367 g/mol. The van der Waals surface area contributed by atoms with Crippen molar-refractivity contribution in [2.24, 2.45) is 0 Å². The summed E-state index contributed by atoms with van der Waals surface area (Å²) in [7, 11) is 0. The predicted octanol–water partition coefficient (Wildman–Crippen LogP) is 3.16. The zero-order valence-electron chi connectivity index (χ0n) is 13.8. The fourth-order valence-electron chi connectivity index (χ4n) is 2.77. The summed E-state index contributed by atoms with van der Waals surface area (Å²) in [5.41, 5.74) is -0.481. The predicted molar refractivity (Wildman–Crippen MR) is 85.9 cm³/mol. The van der Waals surface area contributed by atoms with Crippen molar-refractivity contribution >= 4 is 11.8 Å². The minimum atomic E-state index is -4.42. The maximum Gasteiger partial charge on any atom is 0.416 e. The SMILES string of the molecule is CC1COC(c2cccc(C(F)(F)F)c2)CN1c1cnc(C(=O)O)cn1. The monoisotopic (exact) mass is 367 g/mol. The van der Waals surface area contributed by atoms with Gasteiger partial charge < -0.3 is 14.7 Å². The number of ether oxygens (including phenoxy) is 1. The van der Waals surface area contributed by atoms with Crippen LogP contribution in [0.2, 0.25) is 0 Å². The Morgan fingerprint density at radius 3 is 2.69 bits per heavy atom. The fraction of sp³-hybridized carbons (Fsp3) is 0.353. The minimum Gasteiger partial charge on any atom is -0.476 e. The Hall–Kier alpha value is -2.68. The summed E-state index contributed by atoms with van der Waals surface area (Å²) in [6, 6.07) is 4.96. The Labute approximate surface area is 147 Å². The third-order valence-electron chi connectivity index (χ3n) is 4.17. The van der Waals surface area contributed by atoms with Gasteiger partial charge in [-0.15, -0.1) is 0 Å². The first-order chi connectivity index (χ1) is 12.3. The van der Waals surface area contributed by atoms with Gasteiger partial charge in [-0.2, -0.15) is 13.2 Å². The molecule has 2 atom stereocenters. The molecule has 1 fully saturated rings. The second-order valence-electron chi connectivity index (χ2n) is 6.01. The van der Waals surface area contributed by atoms with E-state index in [4.69, 9.17) is 9.84 Å². The van der Waals surface area contributed by atoms with E-state index in [2.05, 4.69) is 9.97 Å². The smallest absolute Gasteiger partial charge is 0.416 e. The standard InChI is InChI=1S/C17H16F3N3O3/c1-10-9-26-14(11-3-2-4-12(5-11)17(18,19)20)8-23(10)15-7-21-13(6-22-15)16(24)25/h2-7,10,14H,8-9H2,1H3,(H,24,25). The van der Waals surface area contributed by atoms with Crippen LogP contribution < -0.4 is 4.90 Å². The van der Waals surface area contributed by atoms with Gasteiger partial charge in [0.1, 0.15) is 11.9 Å². The van der Waals surface area contributed by atoms with Crippen LogP contribution in [-0.4, -0.2) is 40.2 Å². The molecule has 1 aromatic heterocycles. The lowest BCUT2D eigenvalue weighted by molar-refractivity contribution is -0.137. The number of carboxylic acid groups (broad SMARTS) is 1. The molecule has 2 unspecified atom stereocenters. The van der Waals surface area contributed by atoms with Crippen molar-refractivity contribution < 1.29 is 27.8 Å². The molecule has 1 aromatic carbocycles. The van der Waals surface area contributed by atoms with Crippen LogP contribution in [0.1, 0.15) is 34.6 Å². The van der Waals surface area contributed by atoms with E-state index in [1.807, 2.05) is 11.8 Å². The molecule has 6 nitrogen and oxygen atoms in total. The molecule has 0 bridgehead atoms. The molecule has 0 saturated carbocycles. The van der Waals surface area contributed by atoms with E-state index in [0.29, 0.717) is 18.0 Å². The van der Waals surface area contributed by atoms with Crippen LogP contribution in [0.3, 0.4) is 0 Å². The third-order valence-corrected chi connectivity index (χ3v) is 4.17. The van der Waals surface area contributed by atoms with Gasteiger partial charge in [-0.1, -0.05) is 12.1 Å². The normalized spacial score (nSPS) is 20.8. The van der Waals surface area contributed by atoms with Crippen molar-refractivity contribution in [1.29, 1.82) is 0 Å². The Bertz CT molecular complexity index is 796. The first kappa shape index (κ1) is 18.1. The van der Waals surface area contributed by atoms with Crippen molar-refractivity contribution in [3.05, 3.63) is 53.5 Å². The van der Waals surface area contributed by atoms with Gasteiger partial charge >= 0.3 is 12.1 Å². The number of carbonyl (C=O) groups is 1. The number of alkyl halides is 3. The second kappa shape index (κ2) is 6.91. The number of aromatic carboxylic acids is 1. The third kappa shape index (κ3) is 3.77. The number of carboxylic acids is 1. The van der Waals surface area contributed by atoms with E-state index in [-0.39, 0.29) is 18.3 Å². The zero-order chi connectivity index (χ0) is 18.9. The Morgan fingerprint density at radius 1 is 1.31 bits per heavy atom. The van der Waals surface area contributed by atoms with E-state index >= 15 is 0 Å². The molecule has 138 valence electrons. The first-order valence-corrected chi connectivity index (χ1v) is 7.86. The van der Waals surface area contributed by atoms with Gasteiger partial charge in [-0.3, -0.25) is 0 Å². The first-order valence-electron chi connectivity index (χ1n) is 7.86. The average Bonchev–Trinajstić information content (AvgIpc) is 2.61. The van der Waals surface area contributed by atoms with E-state index < -0.39 is 23.8 Å². The molecule has 26 heavy (non-hydrogen) atoms. The molecule has 3 rings (SSSR count). The summed E-state index contributed by atoms with van der Waals surface area (Å²) in [6.07, 6.45) is -2.49. The van der Waals surface area contributed by atoms with Gasteiger partial charge in [0.15, 0.2) is 5.69 Å². The minimum absolute atomic E-state index is 0.0815. The number of hydrogen-bond donors (Lipinski definition) is 1. The van der Waals surface area contributed by atoms with Crippen molar-refractivity contribution in [2.45, 2.75) is 25.2 Å². The molecule has 1 aliphatic heterocycles. The lowest BCUT2D eigenvalue weighted by Gasteiger charge is -2.39. The molecule has 0 spiro atoms. The lowest BCUT2D eigenvalue weighted by atomic mass is 10.0. The molecule has 0 radical (unpaired) electrons. The maximum absolute atomic E-state index is 12.9. The molecule has 0 aliphatic carbocycles. The van der Waals surface area contributed by atoms with Crippen LogP contribution in [0.15, 0.2) is 36.7 Å². The van der Waals surface area contributed by atoms with Gasteiger partial charge in [0.2, 0.25) is 0 Å². The van der Waals surface area contributed by atoms with Crippen LogP contribution in [0.5, 0.6) is 0 Å². The Morgan fingerprint density at radius 2 is 2.08 bits per heavy atom. The van der Waals surface area contributed by atoms with Gasteiger partial charge in [0.25, 0.3) is 0 Å². The maximum atomic E-state index is 12.9. The number of halogens is 3. The molecule has 2 heterocycles. The summed E-state index contributed by atoms with van der Waals surface area (Å²) in [5.74, 6) is -0.733. The molecule has 0 amide bonds. The second-order valence-corrected chi connectivity index (χ2v) is 6.01. The Balaban J connectivity index is 1.83. The topological polar surface area (TPSA) is 75.5 Å². The number of aromatic nitrogens is 2. The summed E-state index contributed by atoms with van der Waals surface area (Å²) in [4.78, 5) is 20.7. The van der Waals surface area contributed by atoms with Gasteiger partial charge in [-0.25, -0.2) is 14.8 Å². The van der Waals surface area contributed by atoms with Gasteiger partial charge in [0, 0.05) is 0 Å². The highest BCUT2D eigenvalue weighted by molar-refractivity contribution is 5.84. The van der Waals surface area contributed by atoms with Crippen molar-refractivity contribution in [3.8, 4) is 0 Å². The van der Waals surface area contributed by atoms with Crippen molar-refractivity contribution in [2.75, 3.05) is 18.1 Å². The van der Waals surface area contributed by atoms with Crippen LogP contribution in [0.25, 0.3) is 0 Å². The van der Waals surface area contributed by atoms with Crippen molar-refractivity contribution in [3.63, 3.8) is 0 Å². The number of hydrogen-bond acceptors (Lipinski definition) is 5. The highest BCUT2D eigenvalue weighted by Crippen LogP contribution is 2.33. The molecular formula is C17H16F3N3O3. The van der Waals surface area contributed by atoms with Crippen LogP contribution in [0.4, 0.5) is 19.0 Å². The number of morpholine rings is 1. The summed E-state index contributed by atoms with van der Waals surface area (Å²) >= 11 is 0. The molecule has 9 heteroatoms. The molecule has 1 aliphatic rings. The zero-order valence-corrected chi connectivity index (χ0v) is 13.8.